The van der Waals surface area contributed by atoms with Crippen LogP contribution in [0, 0.1) is 36.0 Å². The SMILES string of the molecule is CCCC(C)C(=O)N1C[C@H](C)CC1C(=O)NC1(C#N)CC1.CCOC(=O)N1CCC(C)CC1.COc1ccccc1C. The van der Waals surface area contributed by atoms with Crippen molar-refractivity contribution in [3.63, 3.8) is 0 Å². The highest BCUT2D eigenvalue weighted by molar-refractivity contribution is 5.90. The maximum Gasteiger partial charge on any atom is 0.409 e. The van der Waals surface area contributed by atoms with Crippen molar-refractivity contribution in [2.24, 2.45) is 17.8 Å². The van der Waals surface area contributed by atoms with Gasteiger partial charge in [-0.05, 0) is 75.8 Å². The standard InChI is InChI=1S/C16H25N3O2.C9H17NO2.C8H10O/c1-4-5-12(3)15(21)19-9-11(2)8-13(19)14(20)18-16(10-17)6-7-16;1-3-12-9(11)10-6-4-8(2)5-7-10;1-7-5-3-4-6-8(7)9-2/h11-13H,4-9H2,1-3H3,(H,18,20);8H,3-7H2,1-2H3;3-6H,1-2H3/t11-,12?,13?;;/m1../s1. The molecule has 2 heterocycles. The van der Waals surface area contributed by atoms with Gasteiger partial charge in [0.1, 0.15) is 17.3 Å². The third-order valence-corrected chi connectivity index (χ3v) is 8.19. The molecule has 1 aromatic rings. The van der Waals surface area contributed by atoms with Crippen molar-refractivity contribution in [2.45, 2.75) is 98.1 Å². The van der Waals surface area contributed by atoms with E-state index in [0.717, 1.165) is 63.3 Å². The number of methoxy groups -OCH3 is 1. The van der Waals surface area contributed by atoms with E-state index in [4.69, 9.17) is 14.7 Å². The first-order valence-corrected chi connectivity index (χ1v) is 15.6. The molecule has 1 aromatic carbocycles. The predicted octanol–water partition coefficient (Wildman–Crippen LogP) is 5.71. The van der Waals surface area contributed by atoms with Crippen molar-refractivity contribution in [3.05, 3.63) is 29.8 Å². The Morgan fingerprint density at radius 3 is 2.26 bits per heavy atom. The molecule has 0 radical (unpaired) electrons. The minimum atomic E-state index is -0.660. The number of nitrogens with one attached hydrogen (secondary N) is 1. The summed E-state index contributed by atoms with van der Waals surface area (Å²) in [5.74, 6) is 1.92. The van der Waals surface area contributed by atoms with Crippen LogP contribution in [0.2, 0.25) is 0 Å². The third-order valence-electron chi connectivity index (χ3n) is 8.19. The number of para-hydroxylation sites is 1. The summed E-state index contributed by atoms with van der Waals surface area (Å²) in [4.78, 5) is 39.7. The summed E-state index contributed by atoms with van der Waals surface area (Å²) >= 11 is 0. The quantitative estimate of drug-likeness (QED) is 0.439. The molecule has 0 aromatic heterocycles. The topological polar surface area (TPSA) is 112 Å². The maximum absolute atomic E-state index is 12.5. The Labute approximate surface area is 252 Å². The van der Waals surface area contributed by atoms with Gasteiger partial charge in [0.2, 0.25) is 11.8 Å². The molecular formula is C33H52N4O5. The summed E-state index contributed by atoms with van der Waals surface area (Å²) in [5, 5.41) is 11.9. The molecule has 3 fully saturated rings. The molecule has 9 heteroatoms. The zero-order valence-electron chi connectivity index (χ0n) is 26.8. The monoisotopic (exact) mass is 584 g/mol. The van der Waals surface area contributed by atoms with Crippen LogP contribution >= 0.6 is 0 Å². The van der Waals surface area contributed by atoms with E-state index >= 15 is 0 Å². The molecule has 3 atom stereocenters. The molecule has 9 nitrogen and oxygen atoms in total. The lowest BCUT2D eigenvalue weighted by atomic mass is 10.00. The normalized spacial score (nSPS) is 21.4. The molecule has 2 aliphatic heterocycles. The minimum Gasteiger partial charge on any atom is -0.496 e. The smallest absolute Gasteiger partial charge is 0.409 e. The van der Waals surface area contributed by atoms with Gasteiger partial charge in [-0.25, -0.2) is 4.79 Å². The number of aryl methyl sites for hydroxylation is 1. The van der Waals surface area contributed by atoms with E-state index in [-0.39, 0.29) is 23.8 Å². The highest BCUT2D eigenvalue weighted by Crippen LogP contribution is 2.35. The highest BCUT2D eigenvalue weighted by atomic mass is 16.6. The second kappa shape index (κ2) is 17.0. The number of hydrogen-bond acceptors (Lipinski definition) is 6. The number of likely N-dealkylation sites (tertiary alicyclic amines) is 2. The largest absolute Gasteiger partial charge is 0.496 e. The fraction of sp³-hybridized carbons (Fsp3) is 0.697. The Balaban J connectivity index is 0.000000247. The number of amides is 3. The van der Waals surface area contributed by atoms with Crippen molar-refractivity contribution in [1.29, 1.82) is 5.26 Å². The number of carbonyl (C=O) groups is 3. The Hall–Kier alpha value is -3.28. The maximum atomic E-state index is 12.5. The van der Waals surface area contributed by atoms with Crippen LogP contribution < -0.4 is 10.1 Å². The second-order valence-electron chi connectivity index (χ2n) is 12.1. The van der Waals surface area contributed by atoms with Crippen LogP contribution in [0.4, 0.5) is 4.79 Å². The Morgan fingerprint density at radius 1 is 1.12 bits per heavy atom. The number of nitrogens with zero attached hydrogens (tertiary/aromatic N) is 3. The molecule has 1 saturated carbocycles. The Bertz CT molecular complexity index is 1060. The first kappa shape index (κ1) is 34.9. The molecule has 42 heavy (non-hydrogen) atoms. The average Bonchev–Trinajstić information content (AvgIpc) is 3.64. The van der Waals surface area contributed by atoms with Crippen molar-refractivity contribution in [3.8, 4) is 11.8 Å². The van der Waals surface area contributed by atoms with Gasteiger partial charge in [-0.1, -0.05) is 52.3 Å². The van der Waals surface area contributed by atoms with Crippen LogP contribution in [0.15, 0.2) is 24.3 Å². The van der Waals surface area contributed by atoms with E-state index in [2.05, 4.69) is 32.2 Å². The van der Waals surface area contributed by atoms with E-state index in [9.17, 15) is 14.4 Å². The number of hydrogen-bond donors (Lipinski definition) is 1. The number of ether oxygens (including phenoxy) is 2. The van der Waals surface area contributed by atoms with Gasteiger partial charge >= 0.3 is 6.09 Å². The molecule has 2 unspecified atom stereocenters. The van der Waals surface area contributed by atoms with E-state index in [1.165, 1.54) is 5.56 Å². The van der Waals surface area contributed by atoms with Crippen molar-refractivity contribution in [1.82, 2.24) is 15.1 Å². The Kier molecular flexibility index (Phi) is 14.1. The minimum absolute atomic E-state index is 0.0403. The van der Waals surface area contributed by atoms with Crippen LogP contribution in [0.25, 0.3) is 0 Å². The van der Waals surface area contributed by atoms with Crippen LogP contribution in [0.1, 0.15) is 85.1 Å². The summed E-state index contributed by atoms with van der Waals surface area (Å²) in [5.41, 5.74) is 0.520. The van der Waals surface area contributed by atoms with Crippen LogP contribution in [-0.4, -0.2) is 72.6 Å². The van der Waals surface area contributed by atoms with Crippen molar-refractivity contribution in [2.75, 3.05) is 33.4 Å². The molecule has 0 bridgehead atoms. The fourth-order valence-electron chi connectivity index (χ4n) is 5.28. The average molecular weight is 585 g/mol. The summed E-state index contributed by atoms with van der Waals surface area (Å²) < 4.78 is 9.95. The van der Waals surface area contributed by atoms with Gasteiger partial charge in [0.25, 0.3) is 0 Å². The third kappa shape index (κ3) is 10.5. The number of benzene rings is 1. The number of rotatable bonds is 7. The zero-order valence-corrected chi connectivity index (χ0v) is 26.8. The van der Waals surface area contributed by atoms with Crippen molar-refractivity contribution < 1.29 is 23.9 Å². The van der Waals surface area contributed by atoms with Crippen molar-refractivity contribution >= 4 is 17.9 Å². The number of carbonyl (C=O) groups excluding carboxylic acids is 3. The first-order valence-electron chi connectivity index (χ1n) is 15.6. The van der Waals surface area contributed by atoms with E-state index in [1.807, 2.05) is 45.0 Å². The van der Waals surface area contributed by atoms with Crippen LogP contribution in [0.5, 0.6) is 5.75 Å². The molecule has 234 valence electrons. The molecule has 1 N–H and O–H groups in total. The Morgan fingerprint density at radius 2 is 1.76 bits per heavy atom. The van der Waals surface area contributed by atoms with Gasteiger partial charge in [-0.15, -0.1) is 0 Å². The molecule has 3 aliphatic rings. The van der Waals surface area contributed by atoms with Gasteiger partial charge in [0.05, 0.1) is 19.8 Å². The van der Waals surface area contributed by atoms with Gasteiger partial charge < -0.3 is 24.6 Å². The van der Waals surface area contributed by atoms with Gasteiger partial charge in [0, 0.05) is 25.6 Å². The second-order valence-corrected chi connectivity index (χ2v) is 12.1. The predicted molar refractivity (Wildman–Crippen MR) is 164 cm³/mol. The van der Waals surface area contributed by atoms with E-state index in [0.29, 0.717) is 25.5 Å². The molecule has 3 amide bonds. The summed E-state index contributed by atoms with van der Waals surface area (Å²) in [6.07, 6.45) is 6.01. The number of nitriles is 1. The van der Waals surface area contributed by atoms with Crippen LogP contribution in [-0.2, 0) is 14.3 Å². The lowest BCUT2D eigenvalue weighted by Crippen LogP contribution is -2.50. The fourth-order valence-corrected chi connectivity index (χ4v) is 5.28. The molecule has 0 spiro atoms. The molecular weight excluding hydrogens is 532 g/mol. The van der Waals surface area contributed by atoms with Gasteiger partial charge in [-0.2, -0.15) is 5.26 Å². The van der Waals surface area contributed by atoms with E-state index in [1.54, 1.807) is 16.9 Å². The molecule has 2 saturated heterocycles. The van der Waals surface area contributed by atoms with E-state index < -0.39 is 11.6 Å². The highest BCUT2D eigenvalue weighted by Gasteiger charge is 2.48. The van der Waals surface area contributed by atoms with Crippen LogP contribution in [0.3, 0.4) is 0 Å². The number of piperidine rings is 1. The zero-order chi connectivity index (χ0) is 31.3. The summed E-state index contributed by atoms with van der Waals surface area (Å²) in [6, 6.07) is 9.71. The lowest BCUT2D eigenvalue weighted by molar-refractivity contribution is -0.141. The summed E-state index contributed by atoms with van der Waals surface area (Å²) in [6.45, 7) is 15.0. The summed E-state index contributed by atoms with van der Waals surface area (Å²) in [7, 11) is 1.68. The lowest BCUT2D eigenvalue weighted by Gasteiger charge is -2.29. The molecule has 1 aliphatic carbocycles. The van der Waals surface area contributed by atoms with Gasteiger partial charge in [-0.3, -0.25) is 9.59 Å². The first-order chi connectivity index (χ1) is 20.0. The molecule has 4 rings (SSSR count). The van der Waals surface area contributed by atoms with Gasteiger partial charge in [0.15, 0.2) is 0 Å².